The molecule has 0 spiro atoms. The average molecular weight is 298 g/mol. The van der Waals surface area contributed by atoms with Gasteiger partial charge < -0.3 is 10.1 Å². The molecule has 2 rings (SSSR count). The fourth-order valence-electron chi connectivity index (χ4n) is 1.73. The quantitative estimate of drug-likeness (QED) is 0.909. The van der Waals surface area contributed by atoms with Crippen LogP contribution in [0.3, 0.4) is 0 Å². The molecule has 0 radical (unpaired) electrons. The monoisotopic (exact) mass is 298 g/mol. The van der Waals surface area contributed by atoms with Crippen LogP contribution in [-0.4, -0.2) is 18.6 Å². The summed E-state index contributed by atoms with van der Waals surface area (Å²) in [5.41, 5.74) is -1.11. The Labute approximate surface area is 119 Å². The maximum atomic E-state index is 12.9. The van der Waals surface area contributed by atoms with Gasteiger partial charge in [0.2, 0.25) is 5.91 Å². The first kappa shape index (κ1) is 15.2. The van der Waals surface area contributed by atoms with Crippen LogP contribution in [0.2, 0.25) is 0 Å². The number of halogens is 3. The minimum Gasteiger partial charge on any atom is -0.492 e. The summed E-state index contributed by atoms with van der Waals surface area (Å²) in [6, 6.07) is 4.93. The minimum absolute atomic E-state index is 0.00615. The van der Waals surface area contributed by atoms with E-state index in [1.54, 1.807) is 6.07 Å². The molecule has 1 aliphatic carbocycles. The molecule has 0 saturated heterocycles. The van der Waals surface area contributed by atoms with Crippen LogP contribution < -0.4 is 10.1 Å². The molecule has 0 aromatic heterocycles. The summed E-state index contributed by atoms with van der Waals surface area (Å²) >= 11 is 0. The van der Waals surface area contributed by atoms with E-state index in [-0.39, 0.29) is 36.3 Å². The standard InChI is InChI=1S/C14H13F3N2O2/c15-14(16,17)11-7-9(8-18)1-4-12(11)21-6-5-13(20)19-10-2-3-10/h1,4,7,10H,2-3,5-6H2,(H,19,20). The molecular weight excluding hydrogens is 285 g/mol. The van der Waals surface area contributed by atoms with E-state index in [1.165, 1.54) is 6.07 Å². The second-order valence-electron chi connectivity index (χ2n) is 4.76. The van der Waals surface area contributed by atoms with Gasteiger partial charge in [0.1, 0.15) is 5.75 Å². The number of alkyl halides is 3. The summed E-state index contributed by atoms with van der Waals surface area (Å²) in [4.78, 5) is 11.4. The van der Waals surface area contributed by atoms with Crippen LogP contribution in [0.15, 0.2) is 18.2 Å². The molecule has 1 fully saturated rings. The van der Waals surface area contributed by atoms with Gasteiger partial charge in [-0.1, -0.05) is 0 Å². The first-order valence-corrected chi connectivity index (χ1v) is 6.43. The van der Waals surface area contributed by atoms with E-state index in [0.29, 0.717) is 0 Å². The van der Waals surface area contributed by atoms with Gasteiger partial charge in [-0.15, -0.1) is 0 Å². The number of nitrogens with one attached hydrogen (secondary N) is 1. The Hall–Kier alpha value is -2.23. The van der Waals surface area contributed by atoms with E-state index in [2.05, 4.69) is 5.32 Å². The van der Waals surface area contributed by atoms with Gasteiger partial charge in [-0.05, 0) is 31.0 Å². The zero-order chi connectivity index (χ0) is 15.5. The zero-order valence-electron chi connectivity index (χ0n) is 11.0. The summed E-state index contributed by atoms with van der Waals surface area (Å²) in [5, 5.41) is 11.4. The molecule has 21 heavy (non-hydrogen) atoms. The van der Waals surface area contributed by atoms with E-state index in [4.69, 9.17) is 10.00 Å². The number of carbonyl (C=O) groups is 1. The SMILES string of the molecule is N#Cc1ccc(OCCC(=O)NC2CC2)c(C(F)(F)F)c1. The first-order valence-electron chi connectivity index (χ1n) is 6.43. The predicted octanol–water partition coefficient (Wildman–Crippen LogP) is 2.62. The largest absolute Gasteiger partial charge is 0.492 e. The zero-order valence-corrected chi connectivity index (χ0v) is 11.0. The molecule has 1 aliphatic rings. The Morgan fingerprint density at radius 2 is 2.14 bits per heavy atom. The lowest BCUT2D eigenvalue weighted by molar-refractivity contribution is -0.139. The van der Waals surface area contributed by atoms with Crippen LogP contribution in [0.4, 0.5) is 13.2 Å². The van der Waals surface area contributed by atoms with E-state index < -0.39 is 11.7 Å². The van der Waals surface area contributed by atoms with E-state index in [9.17, 15) is 18.0 Å². The van der Waals surface area contributed by atoms with Crippen molar-refractivity contribution in [3.63, 3.8) is 0 Å². The van der Waals surface area contributed by atoms with Crippen LogP contribution in [0.25, 0.3) is 0 Å². The lowest BCUT2D eigenvalue weighted by atomic mass is 10.1. The Morgan fingerprint density at radius 1 is 1.43 bits per heavy atom. The van der Waals surface area contributed by atoms with E-state index in [1.807, 2.05) is 0 Å². The molecule has 0 atom stereocenters. The van der Waals surface area contributed by atoms with Crippen LogP contribution in [0.5, 0.6) is 5.75 Å². The predicted molar refractivity (Wildman–Crippen MR) is 67.4 cm³/mol. The summed E-state index contributed by atoms with van der Waals surface area (Å²) in [7, 11) is 0. The third kappa shape index (κ3) is 4.38. The molecule has 0 heterocycles. The third-order valence-electron chi connectivity index (χ3n) is 2.94. The van der Waals surface area contributed by atoms with Crippen molar-refractivity contribution in [1.82, 2.24) is 5.32 Å². The molecule has 1 aromatic rings. The van der Waals surface area contributed by atoms with Gasteiger partial charge in [0, 0.05) is 6.04 Å². The lowest BCUT2D eigenvalue weighted by Crippen LogP contribution is -2.26. The number of hydrogen-bond acceptors (Lipinski definition) is 3. The molecule has 1 saturated carbocycles. The van der Waals surface area contributed by atoms with Crippen molar-refractivity contribution in [2.24, 2.45) is 0 Å². The Balaban J connectivity index is 1.98. The Morgan fingerprint density at radius 3 is 2.71 bits per heavy atom. The molecule has 0 unspecified atom stereocenters. The molecule has 1 amide bonds. The van der Waals surface area contributed by atoms with Gasteiger partial charge >= 0.3 is 6.18 Å². The second-order valence-corrected chi connectivity index (χ2v) is 4.76. The van der Waals surface area contributed by atoms with Crippen LogP contribution >= 0.6 is 0 Å². The van der Waals surface area contributed by atoms with Crippen molar-refractivity contribution < 1.29 is 22.7 Å². The van der Waals surface area contributed by atoms with Crippen LogP contribution in [0, 0.1) is 11.3 Å². The molecular formula is C14H13F3N2O2. The van der Waals surface area contributed by atoms with Gasteiger partial charge in [-0.2, -0.15) is 18.4 Å². The maximum Gasteiger partial charge on any atom is 0.420 e. The van der Waals surface area contributed by atoms with Crippen molar-refractivity contribution in [3.05, 3.63) is 29.3 Å². The fourth-order valence-corrected chi connectivity index (χ4v) is 1.73. The second kappa shape index (κ2) is 6.04. The number of ether oxygens (including phenoxy) is 1. The molecule has 4 nitrogen and oxygen atoms in total. The van der Waals surface area contributed by atoms with Gasteiger partial charge in [0.25, 0.3) is 0 Å². The van der Waals surface area contributed by atoms with Gasteiger partial charge in [0.05, 0.1) is 30.2 Å². The normalized spacial score (nSPS) is 14.4. The summed E-state index contributed by atoms with van der Waals surface area (Å²) in [5.74, 6) is -0.611. The van der Waals surface area contributed by atoms with Crippen molar-refractivity contribution in [2.75, 3.05) is 6.61 Å². The number of hydrogen-bond donors (Lipinski definition) is 1. The average Bonchev–Trinajstić information content (AvgIpc) is 3.21. The van der Waals surface area contributed by atoms with Gasteiger partial charge in [-0.3, -0.25) is 4.79 Å². The molecule has 1 aromatic carbocycles. The highest BCUT2D eigenvalue weighted by Crippen LogP contribution is 2.36. The smallest absolute Gasteiger partial charge is 0.420 e. The van der Waals surface area contributed by atoms with Crippen molar-refractivity contribution in [2.45, 2.75) is 31.5 Å². The highest BCUT2D eigenvalue weighted by atomic mass is 19.4. The molecule has 7 heteroatoms. The fraction of sp³-hybridized carbons (Fsp3) is 0.429. The molecule has 112 valence electrons. The Bertz CT molecular complexity index is 575. The molecule has 0 aliphatic heterocycles. The Kier molecular flexibility index (Phi) is 4.36. The first-order chi connectivity index (χ1) is 9.90. The number of rotatable bonds is 5. The van der Waals surface area contributed by atoms with Crippen LogP contribution in [-0.2, 0) is 11.0 Å². The molecule has 1 N–H and O–H groups in total. The highest BCUT2D eigenvalue weighted by Gasteiger charge is 2.34. The summed E-state index contributed by atoms with van der Waals surface area (Å²) in [6.45, 7) is -0.145. The topological polar surface area (TPSA) is 62.1 Å². The van der Waals surface area contributed by atoms with Crippen molar-refractivity contribution >= 4 is 5.91 Å². The van der Waals surface area contributed by atoms with Gasteiger partial charge in [0.15, 0.2) is 0 Å². The highest BCUT2D eigenvalue weighted by molar-refractivity contribution is 5.76. The van der Waals surface area contributed by atoms with E-state index >= 15 is 0 Å². The number of nitriles is 1. The minimum atomic E-state index is -4.61. The van der Waals surface area contributed by atoms with Gasteiger partial charge in [-0.25, -0.2) is 0 Å². The number of benzene rings is 1. The number of nitrogens with zero attached hydrogens (tertiary/aromatic N) is 1. The van der Waals surface area contributed by atoms with Crippen molar-refractivity contribution in [3.8, 4) is 11.8 Å². The maximum absolute atomic E-state index is 12.9. The van der Waals surface area contributed by atoms with Crippen molar-refractivity contribution in [1.29, 1.82) is 5.26 Å². The lowest BCUT2D eigenvalue weighted by Gasteiger charge is -2.14. The summed E-state index contributed by atoms with van der Waals surface area (Å²) in [6.07, 6.45) is -2.73. The van der Waals surface area contributed by atoms with Crippen LogP contribution in [0.1, 0.15) is 30.4 Å². The van der Waals surface area contributed by atoms with E-state index in [0.717, 1.165) is 25.0 Å². The number of carbonyl (C=O) groups excluding carboxylic acids is 1. The molecule has 0 bridgehead atoms. The summed E-state index contributed by atoms with van der Waals surface area (Å²) < 4.78 is 43.6. The number of amides is 1. The third-order valence-corrected chi connectivity index (χ3v) is 2.94.